The van der Waals surface area contributed by atoms with E-state index in [0.29, 0.717) is 21.9 Å². The Labute approximate surface area is 215 Å². The summed E-state index contributed by atoms with van der Waals surface area (Å²) in [5.41, 5.74) is 2.77. The van der Waals surface area contributed by atoms with Crippen LogP contribution in [0.3, 0.4) is 0 Å². The van der Waals surface area contributed by atoms with Gasteiger partial charge in [-0.15, -0.1) is 0 Å². The van der Waals surface area contributed by atoms with E-state index in [1.54, 1.807) is 29.3 Å². The molecule has 6 rings (SSSR count). The van der Waals surface area contributed by atoms with Crippen molar-refractivity contribution < 1.29 is 14.4 Å². The van der Waals surface area contributed by atoms with Crippen LogP contribution >= 0.6 is 22.9 Å². The number of aromatic nitrogens is 1. The highest BCUT2D eigenvalue weighted by Crippen LogP contribution is 2.50. The Bertz CT molecular complexity index is 1520. The van der Waals surface area contributed by atoms with Crippen molar-refractivity contribution in [3.05, 3.63) is 110 Å². The Morgan fingerprint density at radius 2 is 1.39 bits per heavy atom. The molecule has 0 spiro atoms. The lowest BCUT2D eigenvalue weighted by Crippen LogP contribution is -2.37. The maximum atomic E-state index is 13.8. The Balaban J connectivity index is 1.48. The van der Waals surface area contributed by atoms with Crippen LogP contribution in [0.5, 0.6) is 0 Å². The summed E-state index contributed by atoms with van der Waals surface area (Å²) in [5.74, 6) is -1.71. The lowest BCUT2D eigenvalue weighted by atomic mass is 9.95. The van der Waals surface area contributed by atoms with Gasteiger partial charge in [-0.2, -0.15) is 0 Å². The van der Waals surface area contributed by atoms with Gasteiger partial charge in [0.2, 0.25) is 5.91 Å². The molecule has 3 heterocycles. The normalized spacial score (nSPS) is 21.3. The highest BCUT2D eigenvalue weighted by atomic mass is 35.5. The average molecular weight is 518 g/mol. The van der Waals surface area contributed by atoms with Gasteiger partial charge in [-0.1, -0.05) is 77.0 Å². The fourth-order valence-corrected chi connectivity index (χ4v) is 6.24. The van der Waals surface area contributed by atoms with Gasteiger partial charge in [-0.3, -0.25) is 23.8 Å². The first-order chi connectivity index (χ1) is 17.5. The third kappa shape index (κ3) is 3.49. The minimum atomic E-state index is -1.04. The van der Waals surface area contributed by atoms with Gasteiger partial charge in [0.25, 0.3) is 5.91 Å². The fraction of sp³-hybridized carbons (Fsp3) is 0.148. The molecule has 2 amide bonds. The van der Waals surface area contributed by atoms with E-state index >= 15 is 0 Å². The molecule has 180 valence electrons. The molecule has 1 aromatic heterocycles. The van der Waals surface area contributed by atoms with Crippen molar-refractivity contribution in [3.8, 4) is 5.69 Å². The molecule has 2 aliphatic rings. The lowest BCUT2D eigenvalue weighted by molar-refractivity contribution is -0.126. The zero-order valence-corrected chi connectivity index (χ0v) is 20.6. The Morgan fingerprint density at radius 1 is 0.778 bits per heavy atom. The Kier molecular flexibility index (Phi) is 5.52. The number of fused-ring (bicyclic) bond motifs is 1. The number of thiazole rings is 1. The van der Waals surface area contributed by atoms with Gasteiger partial charge in [0.05, 0.1) is 21.9 Å². The molecule has 2 aliphatic heterocycles. The predicted octanol–water partition coefficient (Wildman–Crippen LogP) is 4.91. The molecule has 2 fully saturated rings. The summed E-state index contributed by atoms with van der Waals surface area (Å²) in [6.07, 6.45) is -1.04. The number of nitrogens with zero attached hydrogens (tertiary/aromatic N) is 3. The van der Waals surface area contributed by atoms with E-state index in [1.165, 1.54) is 9.47 Å². The lowest BCUT2D eigenvalue weighted by Gasteiger charge is -2.28. The topological polar surface area (TPSA) is 71.8 Å². The van der Waals surface area contributed by atoms with Crippen molar-refractivity contribution in [1.29, 1.82) is 0 Å². The second kappa shape index (κ2) is 8.74. The first-order valence-electron chi connectivity index (χ1n) is 11.4. The number of rotatable bonds is 4. The van der Waals surface area contributed by atoms with Crippen LogP contribution in [0, 0.1) is 12.8 Å². The Hall–Kier alpha value is -3.72. The van der Waals surface area contributed by atoms with E-state index in [0.717, 1.165) is 16.9 Å². The SMILES string of the molecule is Cc1ccc(N2C(=O)[C@@H]3[C@H](ON(c4ccccc4)[C@@H]3c3sc(=O)n(-c4ccccc4)c3Cl)C2=O)cc1. The van der Waals surface area contributed by atoms with Crippen LogP contribution in [0.25, 0.3) is 5.69 Å². The quantitative estimate of drug-likeness (QED) is 0.360. The fourth-order valence-electron chi connectivity index (χ4n) is 4.78. The number of anilines is 2. The number of carbonyl (C=O) groups is 2. The molecule has 3 atom stereocenters. The molecule has 9 heteroatoms. The first kappa shape index (κ1) is 22.7. The van der Waals surface area contributed by atoms with Crippen molar-refractivity contribution in [3.63, 3.8) is 0 Å². The van der Waals surface area contributed by atoms with Crippen LogP contribution in [0.4, 0.5) is 11.4 Å². The number of hydroxylamine groups is 1. The van der Waals surface area contributed by atoms with Crippen LogP contribution in [0.1, 0.15) is 16.5 Å². The van der Waals surface area contributed by atoms with Crippen LogP contribution < -0.4 is 14.8 Å². The minimum absolute atomic E-state index is 0.195. The minimum Gasteiger partial charge on any atom is -0.273 e. The second-order valence-corrected chi connectivity index (χ2v) is 10.1. The van der Waals surface area contributed by atoms with E-state index in [1.807, 2.05) is 67.6 Å². The van der Waals surface area contributed by atoms with Crippen molar-refractivity contribution in [2.75, 3.05) is 9.96 Å². The smallest absolute Gasteiger partial charge is 0.273 e. The van der Waals surface area contributed by atoms with Gasteiger partial charge in [-0.25, -0.2) is 9.96 Å². The number of imide groups is 1. The molecule has 0 unspecified atom stereocenters. The van der Waals surface area contributed by atoms with E-state index < -0.39 is 24.0 Å². The summed E-state index contributed by atoms with van der Waals surface area (Å²) in [4.78, 5) is 47.9. The third-order valence-electron chi connectivity index (χ3n) is 6.48. The summed E-state index contributed by atoms with van der Waals surface area (Å²) < 4.78 is 1.41. The number of para-hydroxylation sites is 2. The van der Waals surface area contributed by atoms with E-state index in [2.05, 4.69) is 0 Å². The first-order valence-corrected chi connectivity index (χ1v) is 12.6. The van der Waals surface area contributed by atoms with Crippen LogP contribution in [0.15, 0.2) is 89.7 Å². The van der Waals surface area contributed by atoms with Gasteiger partial charge in [0, 0.05) is 0 Å². The van der Waals surface area contributed by atoms with Crippen LogP contribution in [-0.4, -0.2) is 22.5 Å². The van der Waals surface area contributed by atoms with Crippen molar-refractivity contribution in [1.82, 2.24) is 4.57 Å². The third-order valence-corrected chi connectivity index (χ3v) is 7.98. The summed E-state index contributed by atoms with van der Waals surface area (Å²) in [6, 6.07) is 24.7. The van der Waals surface area contributed by atoms with Gasteiger partial charge < -0.3 is 0 Å². The summed E-state index contributed by atoms with van der Waals surface area (Å²) in [7, 11) is 0. The van der Waals surface area contributed by atoms with Gasteiger partial charge >= 0.3 is 4.87 Å². The molecule has 4 aromatic rings. The number of hydrogen-bond acceptors (Lipinski definition) is 6. The molecule has 0 N–H and O–H groups in total. The van der Waals surface area contributed by atoms with Crippen LogP contribution in [0.2, 0.25) is 5.15 Å². The highest BCUT2D eigenvalue weighted by Gasteiger charge is 2.61. The number of halogens is 1. The molecule has 0 aliphatic carbocycles. The number of amides is 2. The van der Waals surface area contributed by atoms with Gasteiger partial charge in [0.15, 0.2) is 6.10 Å². The molecule has 0 radical (unpaired) electrons. The molecule has 36 heavy (non-hydrogen) atoms. The van der Waals surface area contributed by atoms with E-state index in [4.69, 9.17) is 16.4 Å². The maximum Gasteiger partial charge on any atom is 0.313 e. The largest absolute Gasteiger partial charge is 0.313 e. The maximum absolute atomic E-state index is 13.8. The highest BCUT2D eigenvalue weighted by molar-refractivity contribution is 7.10. The predicted molar refractivity (Wildman–Crippen MR) is 139 cm³/mol. The summed E-state index contributed by atoms with van der Waals surface area (Å²) >= 11 is 7.78. The molecule has 7 nitrogen and oxygen atoms in total. The molecule has 0 bridgehead atoms. The Morgan fingerprint density at radius 3 is 2.03 bits per heavy atom. The van der Waals surface area contributed by atoms with E-state index in [-0.39, 0.29) is 15.9 Å². The van der Waals surface area contributed by atoms with Gasteiger partial charge in [0.1, 0.15) is 17.1 Å². The number of hydrogen-bond donors (Lipinski definition) is 0. The molecular formula is C27H20ClN3O4S. The number of benzene rings is 3. The molecule has 0 saturated carbocycles. The molecule has 3 aromatic carbocycles. The van der Waals surface area contributed by atoms with Gasteiger partial charge in [-0.05, 0) is 43.3 Å². The standard InChI is InChI=1S/C27H20ClN3O4S/c1-16-12-14-18(15-13-16)30-25(32)20-21(31(35-22(20)26(30)33)19-10-6-3-7-11-19)23-24(28)29(27(34)36-23)17-8-4-2-5-9-17/h2-15,20-22H,1H3/t20-,21-,22-/m0/s1. The molecule has 2 saturated heterocycles. The summed E-state index contributed by atoms with van der Waals surface area (Å²) in [6.45, 7) is 1.93. The second-order valence-electron chi connectivity index (χ2n) is 8.70. The zero-order chi connectivity index (χ0) is 25.0. The number of aryl methyl sites for hydroxylation is 1. The van der Waals surface area contributed by atoms with E-state index in [9.17, 15) is 14.4 Å². The van der Waals surface area contributed by atoms with Crippen molar-refractivity contribution in [2.45, 2.75) is 19.1 Å². The van der Waals surface area contributed by atoms with Crippen LogP contribution in [-0.2, 0) is 14.4 Å². The summed E-state index contributed by atoms with van der Waals surface area (Å²) in [5, 5.41) is 1.74. The molecular weight excluding hydrogens is 498 g/mol. The monoisotopic (exact) mass is 517 g/mol. The zero-order valence-electron chi connectivity index (χ0n) is 19.1. The van der Waals surface area contributed by atoms with Crippen molar-refractivity contribution >= 4 is 46.1 Å². The number of carbonyl (C=O) groups excluding carboxylic acids is 2. The average Bonchev–Trinajstić information content (AvgIpc) is 3.50. The van der Waals surface area contributed by atoms with Crippen molar-refractivity contribution in [2.24, 2.45) is 5.92 Å².